The highest BCUT2D eigenvalue weighted by molar-refractivity contribution is 7.55. The lowest BCUT2D eigenvalue weighted by atomic mass is 9.94. The number of hydrogen-bond donors (Lipinski definition) is 19. The van der Waals surface area contributed by atoms with Gasteiger partial charge in [0.2, 0.25) is 0 Å². The summed E-state index contributed by atoms with van der Waals surface area (Å²) < 4.78 is 86.0. The van der Waals surface area contributed by atoms with E-state index < -0.39 is 238 Å². The molecule has 0 unspecified atom stereocenters. The van der Waals surface area contributed by atoms with Gasteiger partial charge in [0.05, 0.1) is 46.2 Å². The molecular weight excluding hydrogens is 1030 g/mol. The van der Waals surface area contributed by atoms with E-state index in [1.54, 1.807) is 0 Å². The molecule has 19 N–H and O–H groups in total. The van der Waals surface area contributed by atoms with Crippen molar-refractivity contribution in [2.75, 3.05) is 46.2 Å². The molecule has 0 aromatic rings. The van der Waals surface area contributed by atoms with Crippen molar-refractivity contribution in [1.82, 2.24) is 0 Å². The summed E-state index contributed by atoms with van der Waals surface area (Å²) >= 11 is 0. The first-order chi connectivity index (χ1) is 34.6. The van der Waals surface area contributed by atoms with Gasteiger partial charge in [-0.1, -0.05) is 6.08 Å². The van der Waals surface area contributed by atoms with Crippen molar-refractivity contribution in [2.24, 2.45) is 0 Å². The lowest BCUT2D eigenvalue weighted by Crippen LogP contribution is -2.69. The zero-order chi connectivity index (χ0) is 53.4. The van der Waals surface area contributed by atoms with Crippen LogP contribution in [0.5, 0.6) is 0 Å². The van der Waals surface area contributed by atoms with E-state index in [1.807, 2.05) is 0 Å². The summed E-state index contributed by atoms with van der Waals surface area (Å²) in [6.45, 7) is -6.96. The van der Waals surface area contributed by atoms with E-state index >= 15 is 0 Å². The van der Waals surface area contributed by atoms with Crippen molar-refractivity contribution in [1.29, 1.82) is 0 Å². The number of ether oxygens (including phenoxy) is 13. The summed E-state index contributed by atoms with van der Waals surface area (Å²) in [5.74, 6) is 0.443. The standard InChI is InChI=1S/C39H65O33P/c40-4-10-27-16(46)21(51)34(61-10)68-28-11(5-41)63-36(23(53)18(28)48)70-30-13(7-43)65-38(25(55)20(30)50)72-32-15(9-45)66-39(26(56)33(32)60-2-1-3-73(57,58)59)71-31-14(8-44)64-37(24(54)19(31)49)69-29-12(6-42)62-35(67-27)22(52)17(29)47/h1,3,10-56H,2,4-9H2,(H2,57,58,59)/b3-1+/t10-,11-,12-,13-,14-,15-,16-,17-,18-,19-,20-,21-,22-,23-,24-,25-,26-,27-,28-,29-,30-,31-,32+,33-,34-,35-,36-,37-,38-,39-/m1/s1. The van der Waals surface area contributed by atoms with Crippen molar-refractivity contribution < 1.29 is 163 Å². The lowest BCUT2D eigenvalue weighted by molar-refractivity contribution is -0.404. The summed E-state index contributed by atoms with van der Waals surface area (Å²) in [5.41, 5.74) is 0. The minimum absolute atomic E-state index is 0.443. The minimum Gasteiger partial charge on any atom is -0.394 e. The van der Waals surface area contributed by atoms with Crippen LogP contribution in [0.3, 0.4) is 0 Å². The molecule has 22 saturated heterocycles. The Kier molecular flexibility index (Phi) is 20.5. The third-order valence-corrected chi connectivity index (χ3v) is 13.9. The zero-order valence-corrected chi connectivity index (χ0v) is 39.0. The Morgan fingerprint density at radius 2 is 0.548 bits per heavy atom. The van der Waals surface area contributed by atoms with Gasteiger partial charge in [0.15, 0.2) is 37.7 Å². The predicted octanol–water partition coefficient (Wildman–Crippen LogP) is -12.3. The van der Waals surface area contributed by atoms with Gasteiger partial charge >= 0.3 is 7.60 Å². The smallest absolute Gasteiger partial charge is 0.348 e. The van der Waals surface area contributed by atoms with E-state index in [0.29, 0.717) is 5.82 Å². The molecule has 0 aromatic heterocycles. The van der Waals surface area contributed by atoms with E-state index in [1.165, 1.54) is 0 Å². The first-order valence-electron chi connectivity index (χ1n) is 23.0. The maximum Gasteiger partial charge on any atom is 0.348 e. The Balaban J connectivity index is 1.22. The molecule has 34 heteroatoms. The molecule has 12 bridgehead atoms. The van der Waals surface area contributed by atoms with Crippen LogP contribution in [0.15, 0.2) is 11.9 Å². The summed E-state index contributed by atoms with van der Waals surface area (Å²) in [7, 11) is -4.78. The van der Waals surface area contributed by atoms with Gasteiger partial charge in [-0.25, -0.2) is 0 Å². The van der Waals surface area contributed by atoms with Gasteiger partial charge in [-0.05, 0) is 0 Å². The molecule has 0 radical (unpaired) electrons. The largest absolute Gasteiger partial charge is 0.394 e. The fourth-order valence-corrected chi connectivity index (χ4v) is 9.81. The van der Waals surface area contributed by atoms with Crippen molar-refractivity contribution >= 4 is 7.60 Å². The number of aliphatic hydroxyl groups excluding tert-OH is 17. The molecule has 73 heavy (non-hydrogen) atoms. The van der Waals surface area contributed by atoms with Gasteiger partial charge in [-0.15, -0.1) is 0 Å². The van der Waals surface area contributed by atoms with Gasteiger partial charge in [-0.3, -0.25) is 4.57 Å². The van der Waals surface area contributed by atoms with E-state index in [9.17, 15) is 101 Å². The quantitative estimate of drug-likeness (QED) is 0.0903. The minimum atomic E-state index is -4.78. The summed E-state index contributed by atoms with van der Waals surface area (Å²) in [4.78, 5) is 18.7. The van der Waals surface area contributed by atoms with Gasteiger partial charge in [0, 0.05) is 5.82 Å². The molecule has 22 heterocycles. The van der Waals surface area contributed by atoms with Crippen molar-refractivity contribution in [3.05, 3.63) is 11.9 Å². The number of hydrogen-bond acceptors (Lipinski definition) is 31. The second kappa shape index (κ2) is 25.2. The molecular formula is C39H65O33P. The van der Waals surface area contributed by atoms with Crippen LogP contribution in [0.25, 0.3) is 0 Å². The highest BCUT2D eigenvalue weighted by Crippen LogP contribution is 2.39. The monoisotopic (exact) mass is 1090 g/mol. The Bertz CT molecular complexity index is 1790. The molecule has 22 aliphatic rings. The summed E-state index contributed by atoms with van der Waals surface area (Å²) in [6, 6.07) is 0. The Hall–Kier alpha value is -1.31. The Morgan fingerprint density at radius 1 is 0.329 bits per heavy atom. The highest BCUT2D eigenvalue weighted by Gasteiger charge is 2.59. The van der Waals surface area contributed by atoms with Gasteiger partial charge < -0.3 is 158 Å². The Morgan fingerprint density at radius 3 is 0.781 bits per heavy atom. The first-order valence-corrected chi connectivity index (χ1v) is 24.6. The third kappa shape index (κ3) is 12.6. The molecule has 0 aromatic carbocycles. The molecule has 22 rings (SSSR count). The van der Waals surface area contributed by atoms with Crippen LogP contribution in [-0.2, 0) is 66.1 Å². The number of rotatable bonds is 10. The SMILES string of the molecule is O=P(O)(O)/C=C/CO[C@@H]1[C@@H](O)[C@H]2O[C@H]3[C@H](O)[C@@H](O)[C@@H](O[C@H]4[C@H](O)[C@@H](O)[C@@H](O[C@H]5[C@H](O)[C@@H](O)[C@@H](O[C@H]6[C@H](O)[C@@H](O)[C@@H](O[C@H]7[C@H](O)[C@@H](O)[C@@H](O[C@H]1[C@@H](CO)O2)O[C@@H]7CO)O[C@@H]6CO)O[C@@H]5CO)O[C@@H]4CO)O[C@@H]3CO. The molecule has 424 valence electrons. The van der Waals surface area contributed by atoms with Crippen LogP contribution in [0.4, 0.5) is 0 Å². The van der Waals surface area contributed by atoms with Crippen LogP contribution in [-0.4, -0.2) is 327 Å². The van der Waals surface area contributed by atoms with Gasteiger partial charge in [0.1, 0.15) is 146 Å². The van der Waals surface area contributed by atoms with Crippen LogP contribution in [0.1, 0.15) is 0 Å². The van der Waals surface area contributed by atoms with E-state index in [-0.39, 0.29) is 0 Å². The van der Waals surface area contributed by atoms with Crippen LogP contribution in [0, 0.1) is 0 Å². The molecule has 0 spiro atoms. The molecule has 0 aliphatic carbocycles. The molecule has 30 atom stereocenters. The van der Waals surface area contributed by atoms with E-state index in [2.05, 4.69) is 0 Å². The fraction of sp³-hybridized carbons (Fsp3) is 0.949. The van der Waals surface area contributed by atoms with Crippen molar-refractivity contribution in [3.8, 4) is 0 Å². The average Bonchev–Trinajstić information content (AvgIpc) is 3.36. The maximum absolute atomic E-state index is 11.7. The molecule has 0 saturated carbocycles. The van der Waals surface area contributed by atoms with Crippen molar-refractivity contribution in [3.63, 3.8) is 0 Å². The molecule has 22 fully saturated rings. The van der Waals surface area contributed by atoms with Gasteiger partial charge in [-0.2, -0.15) is 0 Å². The van der Waals surface area contributed by atoms with Gasteiger partial charge in [0.25, 0.3) is 0 Å². The summed E-state index contributed by atoms with van der Waals surface area (Å²) in [6.07, 6.45) is -58.7. The average molecular weight is 1090 g/mol. The molecule has 0 amide bonds. The normalized spacial score (nSPS) is 51.5. The summed E-state index contributed by atoms with van der Waals surface area (Å²) in [5, 5.41) is 187. The fourth-order valence-electron chi connectivity index (χ4n) is 9.45. The first kappa shape index (κ1) is 59.4. The number of aliphatic hydroxyl groups is 17. The lowest BCUT2D eigenvalue weighted by Gasteiger charge is -2.51. The Labute approximate surface area is 412 Å². The van der Waals surface area contributed by atoms with E-state index in [0.717, 1.165) is 6.08 Å². The van der Waals surface area contributed by atoms with Crippen LogP contribution >= 0.6 is 7.60 Å². The van der Waals surface area contributed by atoms with Crippen LogP contribution < -0.4 is 0 Å². The predicted molar refractivity (Wildman–Crippen MR) is 221 cm³/mol. The third-order valence-electron chi connectivity index (χ3n) is 13.3. The zero-order valence-electron chi connectivity index (χ0n) is 38.1. The van der Waals surface area contributed by atoms with E-state index in [4.69, 9.17) is 61.6 Å². The second-order valence-electron chi connectivity index (χ2n) is 18.1. The van der Waals surface area contributed by atoms with Crippen molar-refractivity contribution in [2.45, 2.75) is 184 Å². The maximum atomic E-state index is 11.7. The second-order valence-corrected chi connectivity index (χ2v) is 19.6. The highest BCUT2D eigenvalue weighted by atomic mass is 31.2. The molecule has 22 aliphatic heterocycles. The van der Waals surface area contributed by atoms with Crippen LogP contribution in [0.2, 0.25) is 0 Å². The topological polar surface area (TPSA) is 521 Å². The molecule has 33 nitrogen and oxygen atoms in total.